The van der Waals surface area contributed by atoms with E-state index >= 15 is 0 Å². The van der Waals surface area contributed by atoms with Gasteiger partial charge in [0.05, 0.1) is 0 Å². The quantitative estimate of drug-likeness (QED) is 0.859. The molecule has 1 aliphatic heterocycles. The third-order valence-corrected chi connectivity index (χ3v) is 4.83. The number of anilines is 2. The number of rotatable bonds is 2. The van der Waals surface area contributed by atoms with Crippen LogP contribution in [-0.4, -0.2) is 42.1 Å². The number of piperazine rings is 1. The summed E-state index contributed by atoms with van der Waals surface area (Å²) < 4.78 is 5.87. The van der Waals surface area contributed by atoms with Gasteiger partial charge in [-0.25, -0.2) is 0 Å². The number of nitrogen functional groups attached to an aromatic ring is 1. The zero-order chi connectivity index (χ0) is 14.2. The van der Waals surface area contributed by atoms with Crippen molar-refractivity contribution in [2.75, 3.05) is 36.8 Å². The number of benzene rings is 1. The Balaban J connectivity index is 1.46. The topological polar surface area (TPSA) is 58.5 Å². The molecule has 2 aromatic rings. The Morgan fingerprint density at radius 3 is 2.62 bits per heavy atom. The molecule has 2 N–H and O–H groups in total. The van der Waals surface area contributed by atoms with Gasteiger partial charge >= 0.3 is 0 Å². The molecule has 0 unspecified atom stereocenters. The number of hydrogen-bond acceptors (Lipinski definition) is 5. The van der Waals surface area contributed by atoms with E-state index in [9.17, 15) is 0 Å². The van der Waals surface area contributed by atoms with E-state index in [1.54, 1.807) is 0 Å². The van der Waals surface area contributed by atoms with Crippen molar-refractivity contribution >= 4 is 22.8 Å². The number of fused-ring (bicyclic) bond motifs is 1. The highest BCUT2D eigenvalue weighted by atomic mass is 16.4. The minimum Gasteiger partial charge on any atom is -0.423 e. The van der Waals surface area contributed by atoms with Crippen LogP contribution in [0.15, 0.2) is 22.6 Å². The van der Waals surface area contributed by atoms with Gasteiger partial charge in [-0.1, -0.05) is 12.8 Å². The van der Waals surface area contributed by atoms with Gasteiger partial charge in [-0.15, -0.1) is 0 Å². The highest BCUT2D eigenvalue weighted by Gasteiger charge is 2.27. The van der Waals surface area contributed by atoms with Crippen LogP contribution in [0, 0.1) is 0 Å². The van der Waals surface area contributed by atoms with Crippen molar-refractivity contribution in [2.24, 2.45) is 0 Å². The van der Waals surface area contributed by atoms with E-state index in [2.05, 4.69) is 14.8 Å². The maximum absolute atomic E-state index is 5.87. The van der Waals surface area contributed by atoms with Crippen LogP contribution in [-0.2, 0) is 0 Å². The van der Waals surface area contributed by atoms with Gasteiger partial charge in [-0.05, 0) is 25.0 Å². The third-order valence-electron chi connectivity index (χ3n) is 4.83. The summed E-state index contributed by atoms with van der Waals surface area (Å²) in [6, 6.07) is 7.19. The lowest BCUT2D eigenvalue weighted by Crippen LogP contribution is -2.49. The maximum atomic E-state index is 5.87. The molecule has 5 heteroatoms. The predicted octanol–water partition coefficient (Wildman–Crippen LogP) is 2.47. The van der Waals surface area contributed by atoms with Crippen LogP contribution in [0.25, 0.3) is 11.1 Å². The number of hydrogen-bond donors (Lipinski definition) is 1. The van der Waals surface area contributed by atoms with Crippen LogP contribution in [0.2, 0.25) is 0 Å². The molecule has 0 amide bonds. The van der Waals surface area contributed by atoms with Gasteiger partial charge in [0.15, 0.2) is 5.58 Å². The first-order valence-electron chi connectivity index (χ1n) is 7.95. The van der Waals surface area contributed by atoms with Crippen LogP contribution in [0.1, 0.15) is 25.7 Å². The Kier molecular flexibility index (Phi) is 3.22. The first-order chi connectivity index (χ1) is 10.3. The fourth-order valence-corrected chi connectivity index (χ4v) is 3.61. The number of aromatic nitrogens is 1. The third kappa shape index (κ3) is 2.46. The average Bonchev–Trinajstić information content (AvgIpc) is 3.16. The summed E-state index contributed by atoms with van der Waals surface area (Å²) in [6.07, 6.45) is 5.55. The molecule has 0 spiro atoms. The minimum absolute atomic E-state index is 0.719. The highest BCUT2D eigenvalue weighted by Crippen LogP contribution is 2.27. The number of oxazole rings is 1. The van der Waals surface area contributed by atoms with E-state index in [1.807, 2.05) is 18.2 Å². The molecule has 1 aliphatic carbocycles. The van der Waals surface area contributed by atoms with E-state index in [4.69, 9.17) is 10.2 Å². The van der Waals surface area contributed by atoms with Gasteiger partial charge in [0.2, 0.25) is 0 Å². The molecule has 1 aromatic heterocycles. The number of nitrogens with two attached hydrogens (primary N) is 1. The molecule has 5 nitrogen and oxygen atoms in total. The first kappa shape index (κ1) is 13.0. The van der Waals surface area contributed by atoms with Gasteiger partial charge < -0.3 is 15.1 Å². The molecule has 2 heterocycles. The standard InChI is InChI=1S/C16H22N4O/c17-12-5-6-14-15(11-12)21-16(18-14)20-9-7-19(8-10-20)13-3-1-2-4-13/h5-6,11,13H,1-4,7-10,17H2. The van der Waals surface area contributed by atoms with Gasteiger partial charge in [0.25, 0.3) is 6.01 Å². The lowest BCUT2D eigenvalue weighted by atomic mass is 10.2. The zero-order valence-electron chi connectivity index (χ0n) is 12.3. The molecular formula is C16H22N4O. The summed E-state index contributed by atoms with van der Waals surface area (Å²) in [5.74, 6) is 0. The van der Waals surface area contributed by atoms with Crippen molar-refractivity contribution in [3.05, 3.63) is 18.2 Å². The molecule has 0 atom stereocenters. The Morgan fingerprint density at radius 1 is 1.10 bits per heavy atom. The van der Waals surface area contributed by atoms with Crippen LogP contribution in [0.3, 0.4) is 0 Å². The molecule has 1 saturated carbocycles. The van der Waals surface area contributed by atoms with Crippen molar-refractivity contribution in [1.29, 1.82) is 0 Å². The fraction of sp³-hybridized carbons (Fsp3) is 0.562. The second-order valence-electron chi connectivity index (χ2n) is 6.18. The molecule has 4 rings (SSSR count). The monoisotopic (exact) mass is 286 g/mol. The van der Waals surface area contributed by atoms with Crippen molar-refractivity contribution in [2.45, 2.75) is 31.7 Å². The summed E-state index contributed by atoms with van der Waals surface area (Å²) in [5, 5.41) is 0. The molecule has 1 saturated heterocycles. The fourth-order valence-electron chi connectivity index (χ4n) is 3.61. The normalized spacial score (nSPS) is 21.4. The molecule has 2 aliphatic rings. The molecule has 2 fully saturated rings. The van der Waals surface area contributed by atoms with Crippen molar-refractivity contribution in [3.8, 4) is 0 Å². The molecule has 0 bridgehead atoms. The highest BCUT2D eigenvalue weighted by molar-refractivity contribution is 5.78. The Labute approximate surface area is 124 Å². The van der Waals surface area contributed by atoms with Gasteiger partial charge in [0.1, 0.15) is 5.52 Å². The first-order valence-corrected chi connectivity index (χ1v) is 7.95. The van der Waals surface area contributed by atoms with Crippen LogP contribution in [0.5, 0.6) is 0 Å². The van der Waals surface area contributed by atoms with Gasteiger partial charge in [0, 0.05) is 44.0 Å². The Bertz CT molecular complexity index is 624. The largest absolute Gasteiger partial charge is 0.423 e. The number of nitrogens with zero attached hydrogens (tertiary/aromatic N) is 3. The lowest BCUT2D eigenvalue weighted by molar-refractivity contribution is 0.185. The summed E-state index contributed by atoms with van der Waals surface area (Å²) in [7, 11) is 0. The summed E-state index contributed by atoms with van der Waals surface area (Å²) >= 11 is 0. The molecule has 21 heavy (non-hydrogen) atoms. The molecule has 1 aromatic carbocycles. The minimum atomic E-state index is 0.719. The van der Waals surface area contributed by atoms with E-state index in [-0.39, 0.29) is 0 Å². The van der Waals surface area contributed by atoms with Crippen molar-refractivity contribution in [3.63, 3.8) is 0 Å². The summed E-state index contributed by atoms with van der Waals surface area (Å²) in [4.78, 5) is 9.48. The maximum Gasteiger partial charge on any atom is 0.298 e. The SMILES string of the molecule is Nc1ccc2nc(N3CCN(C4CCCC4)CC3)oc2c1. The van der Waals surface area contributed by atoms with E-state index in [0.29, 0.717) is 0 Å². The van der Waals surface area contributed by atoms with Crippen LogP contribution >= 0.6 is 0 Å². The smallest absolute Gasteiger partial charge is 0.298 e. The van der Waals surface area contributed by atoms with Gasteiger partial charge in [-0.3, -0.25) is 4.90 Å². The van der Waals surface area contributed by atoms with E-state index in [1.165, 1.54) is 25.7 Å². The summed E-state index contributed by atoms with van der Waals surface area (Å²) in [6.45, 7) is 4.23. The second-order valence-corrected chi connectivity index (χ2v) is 6.18. The molecule has 0 radical (unpaired) electrons. The van der Waals surface area contributed by atoms with E-state index < -0.39 is 0 Å². The summed E-state index contributed by atoms with van der Waals surface area (Å²) in [5.41, 5.74) is 8.18. The van der Waals surface area contributed by atoms with Crippen LogP contribution < -0.4 is 10.6 Å². The Morgan fingerprint density at radius 2 is 1.86 bits per heavy atom. The predicted molar refractivity (Wildman–Crippen MR) is 84.5 cm³/mol. The van der Waals surface area contributed by atoms with Crippen LogP contribution in [0.4, 0.5) is 11.7 Å². The lowest BCUT2D eigenvalue weighted by Gasteiger charge is -2.37. The Hall–Kier alpha value is -1.75. The van der Waals surface area contributed by atoms with Gasteiger partial charge in [-0.2, -0.15) is 4.98 Å². The second kappa shape index (κ2) is 5.22. The molecule has 112 valence electrons. The zero-order valence-corrected chi connectivity index (χ0v) is 12.3. The van der Waals surface area contributed by atoms with Crippen molar-refractivity contribution < 1.29 is 4.42 Å². The average molecular weight is 286 g/mol. The van der Waals surface area contributed by atoms with Crippen molar-refractivity contribution in [1.82, 2.24) is 9.88 Å². The molecular weight excluding hydrogens is 264 g/mol. The van der Waals surface area contributed by atoms with E-state index in [0.717, 1.165) is 55.0 Å².